The van der Waals surface area contributed by atoms with Crippen molar-refractivity contribution in [2.75, 3.05) is 7.11 Å². The first-order valence-corrected chi connectivity index (χ1v) is 10.2. The minimum atomic E-state index is -0.965. The number of methoxy groups -OCH3 is 1. The van der Waals surface area contributed by atoms with Crippen LogP contribution in [0.2, 0.25) is 0 Å². The third-order valence-electron chi connectivity index (χ3n) is 4.34. The van der Waals surface area contributed by atoms with Crippen LogP contribution in [0.1, 0.15) is 56.1 Å². The number of esters is 1. The Hall–Kier alpha value is -3.62. The van der Waals surface area contributed by atoms with E-state index in [4.69, 9.17) is 14.2 Å². The first kappa shape index (κ1) is 24.6. The molecule has 2 rings (SSSR count). The van der Waals surface area contributed by atoms with Gasteiger partial charge in [-0.15, -0.1) is 0 Å². The molecule has 0 bridgehead atoms. The molecule has 0 aliphatic carbocycles. The molecule has 2 aromatic rings. The van der Waals surface area contributed by atoms with E-state index in [1.165, 1.54) is 31.4 Å². The lowest BCUT2D eigenvalue weighted by Gasteiger charge is -2.20. The van der Waals surface area contributed by atoms with Crippen molar-refractivity contribution in [3.63, 3.8) is 0 Å². The molecular weight excluding hydrogens is 416 g/mol. The molecule has 2 aromatic carbocycles. The lowest BCUT2D eigenvalue weighted by molar-refractivity contribution is -0.385. The van der Waals surface area contributed by atoms with Crippen LogP contribution >= 0.6 is 0 Å². The van der Waals surface area contributed by atoms with Gasteiger partial charge in [0.2, 0.25) is 0 Å². The molecule has 1 unspecified atom stereocenters. The van der Waals surface area contributed by atoms with Gasteiger partial charge in [0.1, 0.15) is 0 Å². The first-order valence-electron chi connectivity index (χ1n) is 10.2. The zero-order chi connectivity index (χ0) is 23.8. The van der Waals surface area contributed by atoms with Gasteiger partial charge >= 0.3 is 5.97 Å². The monoisotopic (exact) mass is 444 g/mol. The molecule has 0 heterocycles. The predicted octanol–water partition coefficient (Wildman–Crippen LogP) is 4.20. The summed E-state index contributed by atoms with van der Waals surface area (Å²) in [5, 5.41) is 14.2. The number of para-hydroxylation sites is 1. The Bertz CT molecular complexity index is 973. The zero-order valence-electron chi connectivity index (χ0n) is 18.8. The molecule has 1 amide bonds. The largest absolute Gasteiger partial charge is 0.493 e. The lowest BCUT2D eigenvalue weighted by Crippen LogP contribution is -2.31. The minimum absolute atomic E-state index is 0.0847. The summed E-state index contributed by atoms with van der Waals surface area (Å²) in [6.45, 7) is 7.13. The highest BCUT2D eigenvalue weighted by Crippen LogP contribution is 2.31. The van der Waals surface area contributed by atoms with Crippen LogP contribution in [0.5, 0.6) is 11.5 Å². The van der Waals surface area contributed by atoms with Crippen LogP contribution in [-0.2, 0) is 9.53 Å². The zero-order valence-corrected chi connectivity index (χ0v) is 18.8. The van der Waals surface area contributed by atoms with Crippen LogP contribution in [0.15, 0.2) is 42.5 Å². The van der Waals surface area contributed by atoms with E-state index < -0.39 is 22.8 Å². The maximum Gasteiger partial charge on any atom is 0.308 e. The number of carbonyl (C=O) groups is 2. The van der Waals surface area contributed by atoms with Crippen molar-refractivity contribution in [2.45, 2.75) is 52.4 Å². The van der Waals surface area contributed by atoms with E-state index >= 15 is 0 Å². The first-order chi connectivity index (χ1) is 15.1. The molecule has 32 heavy (non-hydrogen) atoms. The third-order valence-corrected chi connectivity index (χ3v) is 4.34. The molecular formula is C23H28N2O7. The number of hydrogen-bond acceptors (Lipinski definition) is 7. The quantitative estimate of drug-likeness (QED) is 0.331. The summed E-state index contributed by atoms with van der Waals surface area (Å²) >= 11 is 0. The van der Waals surface area contributed by atoms with Crippen LogP contribution in [-0.4, -0.2) is 36.1 Å². The van der Waals surface area contributed by atoms with Crippen molar-refractivity contribution in [3.05, 3.63) is 63.7 Å². The molecule has 172 valence electrons. The fourth-order valence-corrected chi connectivity index (χ4v) is 3.07. The van der Waals surface area contributed by atoms with Crippen molar-refractivity contribution in [1.29, 1.82) is 0 Å². The van der Waals surface area contributed by atoms with E-state index in [0.29, 0.717) is 11.5 Å². The Balaban J connectivity index is 2.36. The number of nitro groups is 1. The number of carbonyl (C=O) groups excluding carboxylic acids is 2. The normalized spacial score (nSPS) is 11.7. The molecule has 9 nitrogen and oxygen atoms in total. The number of benzene rings is 2. The van der Waals surface area contributed by atoms with Crippen LogP contribution in [0, 0.1) is 10.1 Å². The highest BCUT2D eigenvalue weighted by molar-refractivity contribution is 5.95. The standard InChI is InChI=1S/C23H28N2O7/c1-14(2)31-20-11-10-16(12-21(20)30-5)23(27)24-18(13-22(26)32-15(3)4)17-8-6-7-9-19(17)25(28)29/h6-12,14-15,18H,13H2,1-5H3,(H,24,27). The Morgan fingerprint density at radius 2 is 1.72 bits per heavy atom. The van der Waals surface area contributed by atoms with E-state index in [2.05, 4.69) is 5.32 Å². The van der Waals surface area contributed by atoms with E-state index in [0.717, 1.165) is 0 Å². The second kappa shape index (κ2) is 11.1. The molecule has 0 fully saturated rings. The predicted molar refractivity (Wildman–Crippen MR) is 118 cm³/mol. The van der Waals surface area contributed by atoms with Gasteiger partial charge in [0.15, 0.2) is 11.5 Å². The highest BCUT2D eigenvalue weighted by Gasteiger charge is 2.27. The van der Waals surface area contributed by atoms with Gasteiger partial charge in [-0.25, -0.2) is 0 Å². The summed E-state index contributed by atoms with van der Waals surface area (Å²) in [4.78, 5) is 36.2. The van der Waals surface area contributed by atoms with Gasteiger partial charge in [-0.3, -0.25) is 19.7 Å². The Labute approximate surface area is 186 Å². The maximum absolute atomic E-state index is 13.0. The van der Waals surface area contributed by atoms with E-state index in [1.54, 1.807) is 32.0 Å². The van der Waals surface area contributed by atoms with Gasteiger partial charge in [-0.1, -0.05) is 18.2 Å². The van der Waals surface area contributed by atoms with Crippen molar-refractivity contribution in [1.82, 2.24) is 5.32 Å². The van der Waals surface area contributed by atoms with Crippen molar-refractivity contribution in [2.24, 2.45) is 0 Å². The molecule has 0 aromatic heterocycles. The Morgan fingerprint density at radius 1 is 1.03 bits per heavy atom. The van der Waals surface area contributed by atoms with Crippen LogP contribution in [0.3, 0.4) is 0 Å². The topological polar surface area (TPSA) is 117 Å². The van der Waals surface area contributed by atoms with Gasteiger partial charge in [0.05, 0.1) is 42.3 Å². The van der Waals surface area contributed by atoms with E-state index in [-0.39, 0.29) is 35.4 Å². The number of nitrogens with zero attached hydrogens (tertiary/aromatic N) is 1. The van der Waals surface area contributed by atoms with Gasteiger partial charge in [-0.2, -0.15) is 0 Å². The molecule has 9 heteroatoms. The summed E-state index contributed by atoms with van der Waals surface area (Å²) < 4.78 is 16.2. The number of hydrogen-bond donors (Lipinski definition) is 1. The number of amides is 1. The minimum Gasteiger partial charge on any atom is -0.493 e. The molecule has 0 aliphatic rings. The van der Waals surface area contributed by atoms with Crippen LogP contribution < -0.4 is 14.8 Å². The summed E-state index contributed by atoms with van der Waals surface area (Å²) in [6, 6.07) is 9.67. The summed E-state index contributed by atoms with van der Waals surface area (Å²) in [6.07, 6.45) is -0.707. The van der Waals surface area contributed by atoms with Gasteiger partial charge in [0.25, 0.3) is 11.6 Å². The average molecular weight is 444 g/mol. The van der Waals surface area contributed by atoms with Crippen LogP contribution in [0.4, 0.5) is 5.69 Å². The van der Waals surface area contributed by atoms with Gasteiger partial charge in [-0.05, 0) is 45.9 Å². The average Bonchev–Trinajstić information content (AvgIpc) is 2.72. The van der Waals surface area contributed by atoms with Crippen molar-refractivity contribution < 1.29 is 28.7 Å². The number of rotatable bonds is 10. The van der Waals surface area contributed by atoms with Crippen molar-refractivity contribution in [3.8, 4) is 11.5 Å². The molecule has 1 N–H and O–H groups in total. The third kappa shape index (κ3) is 6.69. The Morgan fingerprint density at radius 3 is 2.31 bits per heavy atom. The number of nitro benzene ring substituents is 1. The molecule has 0 saturated carbocycles. The summed E-state index contributed by atoms with van der Waals surface area (Å²) in [5.41, 5.74) is 0.255. The van der Waals surface area contributed by atoms with Crippen molar-refractivity contribution >= 4 is 17.6 Å². The van der Waals surface area contributed by atoms with Gasteiger partial charge in [0, 0.05) is 11.6 Å². The lowest BCUT2D eigenvalue weighted by atomic mass is 10.0. The number of nitrogens with one attached hydrogen (secondary N) is 1. The molecule has 0 radical (unpaired) electrons. The fraction of sp³-hybridized carbons (Fsp3) is 0.391. The SMILES string of the molecule is COc1cc(C(=O)NC(CC(=O)OC(C)C)c2ccccc2[N+](=O)[O-])ccc1OC(C)C. The molecule has 1 atom stereocenters. The smallest absolute Gasteiger partial charge is 0.308 e. The molecule has 0 spiro atoms. The second-order valence-electron chi connectivity index (χ2n) is 7.62. The summed E-state index contributed by atoms with van der Waals surface area (Å²) in [7, 11) is 1.46. The molecule has 0 saturated heterocycles. The second-order valence-corrected chi connectivity index (χ2v) is 7.62. The van der Waals surface area contributed by atoms with E-state index in [9.17, 15) is 19.7 Å². The van der Waals surface area contributed by atoms with Crippen LogP contribution in [0.25, 0.3) is 0 Å². The van der Waals surface area contributed by atoms with E-state index in [1.807, 2.05) is 13.8 Å². The number of ether oxygens (including phenoxy) is 3. The fourth-order valence-electron chi connectivity index (χ4n) is 3.07. The maximum atomic E-state index is 13.0. The Kier molecular flexibility index (Phi) is 8.57. The van der Waals surface area contributed by atoms with Gasteiger partial charge < -0.3 is 19.5 Å². The summed E-state index contributed by atoms with van der Waals surface area (Å²) in [5.74, 6) is -0.260. The molecule has 0 aliphatic heterocycles. The highest BCUT2D eigenvalue weighted by atomic mass is 16.6.